The van der Waals surface area contributed by atoms with Crippen LogP contribution in [0.2, 0.25) is 0 Å². The lowest BCUT2D eigenvalue weighted by Gasteiger charge is -2.21. The van der Waals surface area contributed by atoms with Crippen LogP contribution in [-0.2, 0) is 16.3 Å². The molecule has 0 saturated heterocycles. The van der Waals surface area contributed by atoms with Gasteiger partial charge in [-0.15, -0.1) is 0 Å². The molecule has 3 rings (SSSR count). The lowest BCUT2D eigenvalue weighted by atomic mass is 9.91. The lowest BCUT2D eigenvalue weighted by molar-refractivity contribution is 0.0701. The molecule has 0 atom stereocenters. The van der Waals surface area contributed by atoms with Crippen molar-refractivity contribution in [1.82, 2.24) is 5.48 Å². The highest BCUT2D eigenvalue weighted by Crippen LogP contribution is 2.37. The SMILES string of the molecule is Cc1c(N)c(C)c(S(=O)(=O)c2ccc(F)cc2)c(C(=O)NO)c1Cc1ccccc1. The Labute approximate surface area is 174 Å². The topological polar surface area (TPSA) is 109 Å². The van der Waals surface area contributed by atoms with Gasteiger partial charge in [0.25, 0.3) is 5.91 Å². The van der Waals surface area contributed by atoms with Gasteiger partial charge in [0.1, 0.15) is 5.82 Å². The van der Waals surface area contributed by atoms with E-state index in [2.05, 4.69) is 0 Å². The molecular formula is C22H21FN2O4S. The summed E-state index contributed by atoms with van der Waals surface area (Å²) in [6.07, 6.45) is 0.228. The average Bonchev–Trinajstić information content (AvgIpc) is 2.74. The Morgan fingerprint density at radius 3 is 2.20 bits per heavy atom. The molecule has 0 aliphatic rings. The predicted octanol–water partition coefficient (Wildman–Crippen LogP) is 3.57. The Morgan fingerprint density at radius 2 is 1.63 bits per heavy atom. The lowest BCUT2D eigenvalue weighted by Crippen LogP contribution is -2.26. The van der Waals surface area contributed by atoms with E-state index < -0.39 is 21.6 Å². The number of anilines is 1. The van der Waals surface area contributed by atoms with Crippen molar-refractivity contribution in [2.75, 3.05) is 5.73 Å². The Balaban J connectivity index is 2.37. The maximum atomic E-state index is 13.4. The van der Waals surface area contributed by atoms with E-state index in [1.807, 2.05) is 30.3 Å². The number of hydrogen-bond donors (Lipinski definition) is 3. The van der Waals surface area contributed by atoms with Crippen LogP contribution in [0, 0.1) is 19.7 Å². The van der Waals surface area contributed by atoms with Crippen LogP contribution in [0.4, 0.5) is 10.1 Å². The molecule has 0 fully saturated rings. The van der Waals surface area contributed by atoms with Crippen LogP contribution in [0.1, 0.15) is 32.6 Å². The third-order valence-corrected chi connectivity index (χ3v) is 7.02. The molecule has 0 aliphatic carbocycles. The van der Waals surface area contributed by atoms with E-state index in [0.29, 0.717) is 11.1 Å². The number of nitrogens with two attached hydrogens (primary N) is 1. The van der Waals surface area contributed by atoms with E-state index in [9.17, 15) is 22.8 Å². The van der Waals surface area contributed by atoms with E-state index in [-0.39, 0.29) is 33.0 Å². The fourth-order valence-corrected chi connectivity index (χ4v) is 5.19. The van der Waals surface area contributed by atoms with E-state index in [1.54, 1.807) is 12.4 Å². The molecule has 8 heteroatoms. The number of hydrogen-bond acceptors (Lipinski definition) is 5. The summed E-state index contributed by atoms with van der Waals surface area (Å²) < 4.78 is 40.2. The minimum atomic E-state index is -4.24. The van der Waals surface area contributed by atoms with Crippen molar-refractivity contribution >= 4 is 21.4 Å². The predicted molar refractivity (Wildman–Crippen MR) is 111 cm³/mol. The van der Waals surface area contributed by atoms with Gasteiger partial charge >= 0.3 is 0 Å². The maximum Gasteiger partial charge on any atom is 0.276 e. The Hall–Kier alpha value is -3.23. The average molecular weight is 428 g/mol. The fraction of sp³-hybridized carbons (Fsp3) is 0.136. The van der Waals surface area contributed by atoms with Crippen molar-refractivity contribution in [3.8, 4) is 0 Å². The van der Waals surface area contributed by atoms with Crippen LogP contribution < -0.4 is 11.2 Å². The van der Waals surface area contributed by atoms with Crippen molar-refractivity contribution in [3.05, 3.63) is 88.2 Å². The van der Waals surface area contributed by atoms with E-state index in [0.717, 1.165) is 29.8 Å². The van der Waals surface area contributed by atoms with Gasteiger partial charge in [0.2, 0.25) is 9.84 Å². The quantitative estimate of drug-likeness (QED) is 0.249. The number of hydroxylamine groups is 1. The molecule has 0 spiro atoms. The first-order chi connectivity index (χ1) is 14.2. The molecule has 4 N–H and O–H groups in total. The minimum absolute atomic E-state index is 0.185. The molecule has 156 valence electrons. The van der Waals surface area contributed by atoms with Gasteiger partial charge in [-0.05, 0) is 66.8 Å². The number of amides is 1. The van der Waals surface area contributed by atoms with Crippen LogP contribution in [0.5, 0.6) is 0 Å². The number of halogens is 1. The first-order valence-corrected chi connectivity index (χ1v) is 10.6. The molecule has 1 amide bonds. The highest BCUT2D eigenvalue weighted by atomic mass is 32.2. The number of carbonyl (C=O) groups is 1. The van der Waals surface area contributed by atoms with Crippen LogP contribution in [0.15, 0.2) is 64.4 Å². The molecule has 0 saturated carbocycles. The highest BCUT2D eigenvalue weighted by molar-refractivity contribution is 7.91. The largest absolute Gasteiger partial charge is 0.398 e. The second-order valence-electron chi connectivity index (χ2n) is 6.91. The van der Waals surface area contributed by atoms with Gasteiger partial charge in [0.15, 0.2) is 0 Å². The number of benzene rings is 3. The van der Waals surface area contributed by atoms with Gasteiger partial charge in [-0.3, -0.25) is 10.0 Å². The summed E-state index contributed by atoms with van der Waals surface area (Å²) in [5.74, 6) is -1.56. The molecular weight excluding hydrogens is 407 g/mol. The molecule has 6 nitrogen and oxygen atoms in total. The van der Waals surface area contributed by atoms with Crippen molar-refractivity contribution in [1.29, 1.82) is 0 Å². The van der Waals surface area contributed by atoms with Crippen molar-refractivity contribution in [2.45, 2.75) is 30.1 Å². The molecule has 3 aromatic rings. The zero-order chi connectivity index (χ0) is 22.1. The number of carbonyl (C=O) groups excluding carboxylic acids is 1. The third kappa shape index (κ3) is 3.79. The zero-order valence-corrected chi connectivity index (χ0v) is 17.3. The first-order valence-electron chi connectivity index (χ1n) is 9.09. The standard InChI is InChI=1S/C22H21FN2O4S/c1-13-18(12-15-6-4-3-5-7-15)19(22(26)25-27)21(14(2)20(13)24)30(28,29)17-10-8-16(23)9-11-17/h3-11,27H,12,24H2,1-2H3,(H,25,26). The van der Waals surface area contributed by atoms with Crippen molar-refractivity contribution < 1.29 is 22.8 Å². The summed E-state index contributed by atoms with van der Waals surface area (Å²) >= 11 is 0. The summed E-state index contributed by atoms with van der Waals surface area (Å²) in [6, 6.07) is 13.5. The van der Waals surface area contributed by atoms with Crippen LogP contribution in [0.25, 0.3) is 0 Å². The maximum absolute atomic E-state index is 13.4. The third-order valence-electron chi connectivity index (χ3n) is 5.08. The minimum Gasteiger partial charge on any atom is -0.398 e. The summed E-state index contributed by atoms with van der Waals surface area (Å²) in [5.41, 5.74) is 9.78. The molecule has 30 heavy (non-hydrogen) atoms. The molecule has 3 aromatic carbocycles. The molecule has 0 aliphatic heterocycles. The van der Waals surface area contributed by atoms with Crippen molar-refractivity contribution in [3.63, 3.8) is 0 Å². The summed E-state index contributed by atoms with van der Waals surface area (Å²) in [6.45, 7) is 3.20. The van der Waals surface area contributed by atoms with Crippen molar-refractivity contribution in [2.24, 2.45) is 0 Å². The van der Waals surface area contributed by atoms with Gasteiger partial charge in [-0.1, -0.05) is 30.3 Å². The van der Waals surface area contributed by atoms with E-state index >= 15 is 0 Å². The first kappa shape index (κ1) is 21.5. The molecule has 0 bridgehead atoms. The van der Waals surface area contributed by atoms with Crippen LogP contribution >= 0.6 is 0 Å². The van der Waals surface area contributed by atoms with Gasteiger partial charge in [0, 0.05) is 5.69 Å². The van der Waals surface area contributed by atoms with Gasteiger partial charge in [-0.2, -0.15) is 0 Å². The number of nitrogens with one attached hydrogen (secondary N) is 1. The smallest absolute Gasteiger partial charge is 0.276 e. The Kier molecular flexibility index (Phi) is 5.91. The van der Waals surface area contributed by atoms with E-state index in [1.165, 1.54) is 6.92 Å². The molecule has 0 heterocycles. The zero-order valence-electron chi connectivity index (χ0n) is 16.4. The summed E-state index contributed by atoms with van der Waals surface area (Å²) in [7, 11) is -4.24. The van der Waals surface area contributed by atoms with E-state index in [4.69, 9.17) is 5.73 Å². The second kappa shape index (κ2) is 8.25. The fourth-order valence-electron chi connectivity index (χ4n) is 3.46. The summed E-state index contributed by atoms with van der Waals surface area (Å²) in [4.78, 5) is 12.2. The molecule has 0 radical (unpaired) electrons. The second-order valence-corrected chi connectivity index (χ2v) is 8.79. The van der Waals surface area contributed by atoms with Gasteiger partial charge < -0.3 is 5.73 Å². The number of sulfone groups is 1. The molecule has 0 aromatic heterocycles. The van der Waals surface area contributed by atoms with Gasteiger partial charge in [0.05, 0.1) is 15.4 Å². The van der Waals surface area contributed by atoms with Crippen LogP contribution in [-0.4, -0.2) is 19.5 Å². The molecule has 0 unspecified atom stereocenters. The van der Waals surface area contributed by atoms with Gasteiger partial charge in [-0.25, -0.2) is 18.3 Å². The summed E-state index contributed by atoms with van der Waals surface area (Å²) in [5, 5.41) is 9.35. The van der Waals surface area contributed by atoms with Crippen LogP contribution in [0.3, 0.4) is 0 Å². The number of rotatable bonds is 5. The Bertz CT molecular complexity index is 1210. The monoisotopic (exact) mass is 428 g/mol. The number of nitrogen functional groups attached to an aromatic ring is 1. The normalized spacial score (nSPS) is 11.3. The Morgan fingerprint density at radius 1 is 1.03 bits per heavy atom. The highest BCUT2D eigenvalue weighted by Gasteiger charge is 2.32.